The van der Waals surface area contributed by atoms with Crippen molar-refractivity contribution in [1.82, 2.24) is 14.5 Å². The fraction of sp³-hybridized carbons (Fsp3) is 0.171. The van der Waals surface area contributed by atoms with E-state index < -0.39 is 6.04 Å². The Bertz CT molecular complexity index is 1950. The maximum absolute atomic E-state index is 14.0. The number of carbonyl (C=O) groups is 1. The van der Waals surface area contributed by atoms with Gasteiger partial charge in [-0.1, -0.05) is 92.7 Å². The van der Waals surface area contributed by atoms with Gasteiger partial charge in [0, 0.05) is 11.9 Å². The number of amides is 2. The molecule has 0 aliphatic carbocycles. The van der Waals surface area contributed by atoms with Crippen LogP contribution < -0.4 is 10.9 Å². The Balaban J connectivity index is 1.48. The van der Waals surface area contributed by atoms with Crippen LogP contribution in [0, 0.1) is 5.92 Å². The molecular formula is C35H32N4O2. The smallest absolute Gasteiger partial charge is 0.314 e. The maximum atomic E-state index is 14.0. The molecule has 0 spiro atoms. The number of rotatable bonds is 6. The molecule has 0 saturated heterocycles. The molecule has 0 radical (unpaired) electrons. The summed E-state index contributed by atoms with van der Waals surface area (Å²) in [5.74, 6) is 0.703. The summed E-state index contributed by atoms with van der Waals surface area (Å²) in [5, 5.41) is 7.81. The fourth-order valence-electron chi connectivity index (χ4n) is 5.47. The molecule has 6 aromatic rings. The van der Waals surface area contributed by atoms with Crippen molar-refractivity contribution in [3.8, 4) is 5.69 Å². The number of hydrogen-bond acceptors (Lipinski definition) is 3. The summed E-state index contributed by atoms with van der Waals surface area (Å²) in [6, 6.07) is 34.5. The third-order valence-electron chi connectivity index (χ3n) is 7.49. The first-order chi connectivity index (χ1) is 19.9. The van der Waals surface area contributed by atoms with Crippen molar-refractivity contribution >= 4 is 44.2 Å². The molecule has 0 bridgehead atoms. The Labute approximate surface area is 238 Å². The molecule has 1 aromatic heterocycles. The molecule has 6 rings (SSSR count). The Morgan fingerprint density at radius 3 is 2.22 bits per heavy atom. The van der Waals surface area contributed by atoms with Gasteiger partial charge < -0.3 is 10.2 Å². The Hall–Kier alpha value is -4.97. The zero-order valence-electron chi connectivity index (χ0n) is 23.4. The molecule has 1 atom stereocenters. The average molecular weight is 541 g/mol. The van der Waals surface area contributed by atoms with Crippen molar-refractivity contribution in [3.05, 3.63) is 125 Å². The lowest BCUT2D eigenvalue weighted by Crippen LogP contribution is -2.41. The molecule has 1 heterocycles. The predicted molar refractivity (Wildman–Crippen MR) is 168 cm³/mol. The molecule has 5 aromatic carbocycles. The number of urea groups is 1. The van der Waals surface area contributed by atoms with Gasteiger partial charge in [0.05, 0.1) is 28.3 Å². The summed E-state index contributed by atoms with van der Waals surface area (Å²) in [5.41, 5.74) is 1.90. The summed E-state index contributed by atoms with van der Waals surface area (Å²) in [4.78, 5) is 34.8. The van der Waals surface area contributed by atoms with Crippen LogP contribution in [0.25, 0.3) is 38.1 Å². The number of carbonyl (C=O) groups excluding carboxylic acids is 1. The number of para-hydroxylation sites is 1. The first-order valence-electron chi connectivity index (χ1n) is 14.0. The van der Waals surface area contributed by atoms with Gasteiger partial charge in [-0.25, -0.2) is 9.78 Å². The van der Waals surface area contributed by atoms with Gasteiger partial charge >= 0.3 is 6.03 Å². The van der Waals surface area contributed by atoms with Crippen molar-refractivity contribution in [2.24, 2.45) is 5.92 Å². The van der Waals surface area contributed by atoms with Gasteiger partial charge in [-0.3, -0.25) is 9.36 Å². The first-order valence-corrected chi connectivity index (χ1v) is 14.0. The molecule has 0 aliphatic rings. The monoisotopic (exact) mass is 540 g/mol. The Morgan fingerprint density at radius 1 is 0.780 bits per heavy atom. The molecule has 0 saturated carbocycles. The molecule has 1 unspecified atom stereocenters. The lowest BCUT2D eigenvalue weighted by atomic mass is 10.1. The quantitative estimate of drug-likeness (QED) is 0.233. The molecule has 0 fully saturated rings. The highest BCUT2D eigenvalue weighted by molar-refractivity contribution is 6.01. The second-order valence-electron chi connectivity index (χ2n) is 10.8. The van der Waals surface area contributed by atoms with Crippen molar-refractivity contribution in [3.63, 3.8) is 0 Å². The maximum Gasteiger partial charge on any atom is 0.322 e. The highest BCUT2D eigenvalue weighted by atomic mass is 16.2. The minimum atomic E-state index is -0.504. The molecule has 0 aliphatic heterocycles. The highest BCUT2D eigenvalue weighted by Crippen LogP contribution is 2.28. The highest BCUT2D eigenvalue weighted by Gasteiger charge is 2.28. The molecular weight excluding hydrogens is 508 g/mol. The summed E-state index contributed by atoms with van der Waals surface area (Å²) in [6.07, 6.45) is 0. The van der Waals surface area contributed by atoms with E-state index in [0.717, 1.165) is 27.2 Å². The number of aromatic nitrogens is 2. The van der Waals surface area contributed by atoms with E-state index >= 15 is 0 Å². The fourth-order valence-corrected chi connectivity index (χ4v) is 5.47. The van der Waals surface area contributed by atoms with Crippen LogP contribution in [0.1, 0.15) is 32.6 Å². The number of fused-ring (bicyclic) bond motifs is 3. The number of anilines is 1. The number of hydrogen-bond donors (Lipinski definition) is 1. The Kier molecular flexibility index (Phi) is 6.98. The van der Waals surface area contributed by atoms with E-state index in [2.05, 4.69) is 19.2 Å². The number of nitrogens with one attached hydrogen (secondary N) is 1. The van der Waals surface area contributed by atoms with Gasteiger partial charge in [0.1, 0.15) is 5.82 Å². The summed E-state index contributed by atoms with van der Waals surface area (Å²) in [6.45, 7) is 6.58. The van der Waals surface area contributed by atoms with E-state index in [1.54, 1.807) is 15.5 Å². The molecule has 41 heavy (non-hydrogen) atoms. The second-order valence-corrected chi connectivity index (χ2v) is 10.8. The van der Waals surface area contributed by atoms with Gasteiger partial charge in [-0.15, -0.1) is 0 Å². The van der Waals surface area contributed by atoms with Crippen LogP contribution in [0.4, 0.5) is 10.5 Å². The Morgan fingerprint density at radius 2 is 1.44 bits per heavy atom. The third-order valence-corrected chi connectivity index (χ3v) is 7.49. The van der Waals surface area contributed by atoms with Gasteiger partial charge in [0.2, 0.25) is 0 Å². The van der Waals surface area contributed by atoms with Crippen molar-refractivity contribution in [1.29, 1.82) is 0 Å². The zero-order chi connectivity index (χ0) is 28.5. The SMILES string of the molecule is CC(C)CN(C(=O)Nc1cccc2ccccc12)C(C)c1nc2ccccc2c(=O)n1-c1ccc2ccccc2c1. The molecule has 1 N–H and O–H groups in total. The van der Waals surface area contributed by atoms with Crippen molar-refractivity contribution in [2.45, 2.75) is 26.8 Å². The average Bonchev–Trinajstić information content (AvgIpc) is 2.99. The summed E-state index contributed by atoms with van der Waals surface area (Å²) >= 11 is 0. The van der Waals surface area contributed by atoms with Crippen molar-refractivity contribution < 1.29 is 4.79 Å². The van der Waals surface area contributed by atoms with E-state index in [4.69, 9.17) is 4.98 Å². The normalized spacial score (nSPS) is 12.2. The van der Waals surface area contributed by atoms with Gasteiger partial charge in [0.25, 0.3) is 5.56 Å². The predicted octanol–water partition coefficient (Wildman–Crippen LogP) is 7.94. The van der Waals surface area contributed by atoms with Crippen LogP contribution in [0.2, 0.25) is 0 Å². The van der Waals surface area contributed by atoms with Crippen LogP contribution >= 0.6 is 0 Å². The third kappa shape index (κ3) is 5.05. The van der Waals surface area contributed by atoms with Crippen LogP contribution in [0.15, 0.2) is 114 Å². The van der Waals surface area contributed by atoms with E-state index in [9.17, 15) is 9.59 Å². The van der Waals surface area contributed by atoms with Gasteiger partial charge in [0.15, 0.2) is 0 Å². The molecule has 6 nitrogen and oxygen atoms in total. The molecule has 204 valence electrons. The summed E-state index contributed by atoms with van der Waals surface area (Å²) < 4.78 is 1.66. The van der Waals surface area contributed by atoms with E-state index in [0.29, 0.717) is 29.0 Å². The van der Waals surface area contributed by atoms with E-state index in [1.807, 2.05) is 110 Å². The van der Waals surface area contributed by atoms with Crippen LogP contribution in [0.3, 0.4) is 0 Å². The lowest BCUT2D eigenvalue weighted by Gasteiger charge is -2.32. The van der Waals surface area contributed by atoms with Crippen molar-refractivity contribution in [2.75, 3.05) is 11.9 Å². The minimum Gasteiger partial charge on any atom is -0.314 e. The van der Waals surface area contributed by atoms with Gasteiger partial charge in [-0.2, -0.15) is 0 Å². The largest absolute Gasteiger partial charge is 0.322 e. The van der Waals surface area contributed by atoms with Crippen LogP contribution in [-0.2, 0) is 0 Å². The second kappa shape index (κ2) is 10.9. The molecule has 6 heteroatoms. The zero-order valence-corrected chi connectivity index (χ0v) is 23.4. The van der Waals surface area contributed by atoms with E-state index in [1.165, 1.54) is 0 Å². The number of nitrogens with zero attached hydrogens (tertiary/aromatic N) is 3. The minimum absolute atomic E-state index is 0.160. The lowest BCUT2D eigenvalue weighted by molar-refractivity contribution is 0.180. The number of benzene rings is 5. The van der Waals surface area contributed by atoms with E-state index in [-0.39, 0.29) is 17.5 Å². The topological polar surface area (TPSA) is 67.2 Å². The summed E-state index contributed by atoms with van der Waals surface area (Å²) in [7, 11) is 0. The first kappa shape index (κ1) is 26.3. The van der Waals surface area contributed by atoms with Gasteiger partial charge in [-0.05, 0) is 59.3 Å². The van der Waals surface area contributed by atoms with Crippen LogP contribution in [0.5, 0.6) is 0 Å². The molecule has 2 amide bonds. The standard InChI is InChI=1S/C35H32N4O2/c1-23(2)22-38(35(41)37-31-18-10-14-26-12-6-7-15-29(26)31)24(3)33-36-32-17-9-8-16-30(32)34(40)39(33)28-20-19-25-11-4-5-13-27(25)21-28/h4-21,23-24H,22H2,1-3H3,(H,37,41). The van der Waals surface area contributed by atoms with Crippen LogP contribution in [-0.4, -0.2) is 27.0 Å².